The van der Waals surface area contributed by atoms with Crippen LogP contribution in [-0.4, -0.2) is 22.5 Å². The predicted molar refractivity (Wildman–Crippen MR) is 91.5 cm³/mol. The van der Waals surface area contributed by atoms with E-state index in [0.29, 0.717) is 5.75 Å². The maximum atomic E-state index is 12.0. The molecule has 7 nitrogen and oxygen atoms in total. The highest BCUT2D eigenvalue weighted by Gasteiger charge is 2.16. The van der Waals surface area contributed by atoms with E-state index in [0.717, 1.165) is 4.47 Å². The number of nitrogens with one attached hydrogen (secondary N) is 2. The molecule has 0 aliphatic heterocycles. The second-order valence-electron chi connectivity index (χ2n) is 5.03. The molecule has 1 aromatic heterocycles. The molecule has 0 saturated carbocycles. The third-order valence-corrected chi connectivity index (χ3v) is 3.64. The van der Waals surface area contributed by atoms with Crippen molar-refractivity contribution in [3.63, 3.8) is 0 Å². The van der Waals surface area contributed by atoms with Gasteiger partial charge in [-0.3, -0.25) is 25.2 Å². The van der Waals surface area contributed by atoms with Crippen LogP contribution in [0.2, 0.25) is 0 Å². The number of hydrogen-bond acceptors (Lipinski definition) is 4. The highest BCUT2D eigenvalue weighted by atomic mass is 79.9. The topological polar surface area (TPSA) is 89.4 Å². The number of hydrogen-bond donors (Lipinski definition) is 2. The third-order valence-electron chi connectivity index (χ3n) is 3.14. The van der Waals surface area contributed by atoms with E-state index in [1.807, 2.05) is 6.07 Å². The number of aromatic nitrogens is 1. The number of amides is 2. The zero-order valence-corrected chi connectivity index (χ0v) is 14.7. The van der Waals surface area contributed by atoms with Crippen molar-refractivity contribution in [2.45, 2.75) is 13.0 Å². The van der Waals surface area contributed by atoms with Gasteiger partial charge in [0.05, 0.1) is 0 Å². The molecule has 0 spiro atoms. The van der Waals surface area contributed by atoms with Crippen molar-refractivity contribution in [3.8, 4) is 5.75 Å². The molecule has 1 unspecified atom stereocenters. The largest absolute Gasteiger partial charge is 0.481 e. The molecular weight excluding hydrogens is 378 g/mol. The summed E-state index contributed by atoms with van der Waals surface area (Å²) in [6.07, 6.45) is 0.654. The second-order valence-corrected chi connectivity index (χ2v) is 5.94. The fourth-order valence-corrected chi connectivity index (χ4v) is 2.16. The smallest absolute Gasteiger partial charge is 0.279 e. The number of rotatable bonds is 4. The fourth-order valence-electron chi connectivity index (χ4n) is 1.78. The van der Waals surface area contributed by atoms with Gasteiger partial charge in [0.25, 0.3) is 17.4 Å². The average molecular weight is 394 g/mol. The molecule has 0 fully saturated rings. The van der Waals surface area contributed by atoms with E-state index in [1.165, 1.54) is 22.9 Å². The standard InChI is InChI=1S/C16H16BrN3O4/c1-10(24-13-5-3-4-12(17)9-13)15(22)18-19-16(23)11-6-7-20(2)14(21)8-11/h3-10H,1-2H3,(H,18,22)(H,19,23). The Hall–Kier alpha value is -2.61. The second kappa shape index (κ2) is 7.78. The van der Waals surface area contributed by atoms with Gasteiger partial charge in [-0.25, -0.2) is 0 Å². The minimum atomic E-state index is -0.816. The highest BCUT2D eigenvalue weighted by Crippen LogP contribution is 2.18. The van der Waals surface area contributed by atoms with Gasteiger partial charge in [-0.15, -0.1) is 0 Å². The molecule has 1 atom stereocenters. The van der Waals surface area contributed by atoms with Gasteiger partial charge in [-0.2, -0.15) is 0 Å². The van der Waals surface area contributed by atoms with E-state index < -0.39 is 17.9 Å². The van der Waals surface area contributed by atoms with Gasteiger partial charge >= 0.3 is 0 Å². The lowest BCUT2D eigenvalue weighted by Crippen LogP contribution is -2.47. The number of benzene rings is 1. The van der Waals surface area contributed by atoms with Crippen molar-refractivity contribution in [2.24, 2.45) is 7.05 Å². The van der Waals surface area contributed by atoms with Crippen LogP contribution in [-0.2, 0) is 11.8 Å². The number of carbonyl (C=O) groups excluding carboxylic acids is 2. The Labute approximate surface area is 146 Å². The molecular formula is C16H16BrN3O4. The molecule has 2 amide bonds. The quantitative estimate of drug-likeness (QED) is 0.767. The highest BCUT2D eigenvalue weighted by molar-refractivity contribution is 9.10. The van der Waals surface area contributed by atoms with Crippen LogP contribution in [0.25, 0.3) is 0 Å². The average Bonchev–Trinajstić information content (AvgIpc) is 2.54. The predicted octanol–water partition coefficient (Wildman–Crippen LogP) is 1.38. The van der Waals surface area contributed by atoms with Crippen LogP contribution in [0.1, 0.15) is 17.3 Å². The SMILES string of the molecule is CC(Oc1cccc(Br)c1)C(=O)NNC(=O)c1ccn(C)c(=O)c1. The molecule has 1 aromatic carbocycles. The molecule has 8 heteroatoms. The maximum Gasteiger partial charge on any atom is 0.279 e. The van der Waals surface area contributed by atoms with Gasteiger partial charge in [0.15, 0.2) is 6.10 Å². The van der Waals surface area contributed by atoms with Crippen molar-refractivity contribution in [1.29, 1.82) is 0 Å². The molecule has 2 rings (SSSR count). The van der Waals surface area contributed by atoms with E-state index in [-0.39, 0.29) is 11.1 Å². The van der Waals surface area contributed by atoms with Crippen LogP contribution in [0.4, 0.5) is 0 Å². The summed E-state index contributed by atoms with van der Waals surface area (Å²) in [5.41, 5.74) is 4.35. The van der Waals surface area contributed by atoms with Crippen LogP contribution in [0.15, 0.2) is 51.9 Å². The summed E-state index contributed by atoms with van der Waals surface area (Å²) in [5.74, 6) is -0.590. The van der Waals surface area contributed by atoms with Crippen LogP contribution in [0.3, 0.4) is 0 Å². The summed E-state index contributed by atoms with van der Waals surface area (Å²) in [6, 6.07) is 9.71. The lowest BCUT2D eigenvalue weighted by Gasteiger charge is -2.15. The van der Waals surface area contributed by atoms with E-state index in [2.05, 4.69) is 26.8 Å². The van der Waals surface area contributed by atoms with Crippen LogP contribution in [0.5, 0.6) is 5.75 Å². The Morgan fingerprint density at radius 2 is 1.96 bits per heavy atom. The van der Waals surface area contributed by atoms with E-state index >= 15 is 0 Å². The fraction of sp³-hybridized carbons (Fsp3) is 0.188. The number of nitrogens with zero attached hydrogens (tertiary/aromatic N) is 1. The first-order chi connectivity index (χ1) is 11.4. The molecule has 24 heavy (non-hydrogen) atoms. The number of pyridine rings is 1. The van der Waals surface area contributed by atoms with Crippen molar-refractivity contribution in [3.05, 3.63) is 63.0 Å². The van der Waals surface area contributed by atoms with Crippen LogP contribution >= 0.6 is 15.9 Å². The number of carbonyl (C=O) groups is 2. The number of hydrazine groups is 1. The minimum Gasteiger partial charge on any atom is -0.481 e. The van der Waals surface area contributed by atoms with Crippen molar-refractivity contribution >= 4 is 27.7 Å². The zero-order valence-electron chi connectivity index (χ0n) is 13.1. The van der Waals surface area contributed by atoms with Crippen LogP contribution < -0.4 is 21.1 Å². The van der Waals surface area contributed by atoms with Gasteiger partial charge in [0.2, 0.25) is 0 Å². The molecule has 0 aliphatic rings. The molecule has 2 aromatic rings. The number of halogens is 1. The number of aryl methyl sites for hydroxylation is 1. The first kappa shape index (κ1) is 17.7. The van der Waals surface area contributed by atoms with E-state index in [9.17, 15) is 14.4 Å². The molecule has 0 bridgehead atoms. The lowest BCUT2D eigenvalue weighted by molar-refractivity contribution is -0.128. The molecule has 126 valence electrons. The molecule has 0 saturated heterocycles. The van der Waals surface area contributed by atoms with Gasteiger partial charge < -0.3 is 9.30 Å². The maximum absolute atomic E-state index is 12.0. The Morgan fingerprint density at radius 1 is 1.21 bits per heavy atom. The third kappa shape index (κ3) is 4.69. The summed E-state index contributed by atoms with van der Waals surface area (Å²) in [6.45, 7) is 1.56. The van der Waals surface area contributed by atoms with Crippen molar-refractivity contribution in [1.82, 2.24) is 15.4 Å². The summed E-state index contributed by atoms with van der Waals surface area (Å²) < 4.78 is 7.65. The van der Waals surface area contributed by atoms with Gasteiger partial charge in [-0.05, 0) is 31.2 Å². The van der Waals surface area contributed by atoms with Crippen LogP contribution in [0, 0.1) is 0 Å². The summed E-state index contributed by atoms with van der Waals surface area (Å²) in [4.78, 5) is 35.4. The Balaban J connectivity index is 1.90. The molecule has 2 N–H and O–H groups in total. The lowest BCUT2D eigenvalue weighted by atomic mass is 10.2. The molecule has 0 radical (unpaired) electrons. The Bertz CT molecular complexity index is 819. The Kier molecular flexibility index (Phi) is 5.75. The molecule has 1 heterocycles. The monoisotopic (exact) mass is 393 g/mol. The van der Waals surface area contributed by atoms with Crippen molar-refractivity contribution in [2.75, 3.05) is 0 Å². The number of ether oxygens (including phenoxy) is 1. The van der Waals surface area contributed by atoms with Gasteiger partial charge in [0, 0.05) is 29.3 Å². The Morgan fingerprint density at radius 3 is 2.62 bits per heavy atom. The summed E-state index contributed by atoms with van der Waals surface area (Å²) in [5, 5.41) is 0. The zero-order chi connectivity index (χ0) is 17.7. The summed E-state index contributed by atoms with van der Waals surface area (Å²) in [7, 11) is 1.58. The minimum absolute atomic E-state index is 0.152. The van der Waals surface area contributed by atoms with E-state index in [1.54, 1.807) is 32.2 Å². The summed E-state index contributed by atoms with van der Waals surface area (Å²) >= 11 is 3.31. The van der Waals surface area contributed by atoms with E-state index in [4.69, 9.17) is 4.74 Å². The first-order valence-corrected chi connectivity index (χ1v) is 7.85. The molecule has 0 aliphatic carbocycles. The van der Waals surface area contributed by atoms with Gasteiger partial charge in [0.1, 0.15) is 5.75 Å². The van der Waals surface area contributed by atoms with Gasteiger partial charge in [-0.1, -0.05) is 22.0 Å². The first-order valence-electron chi connectivity index (χ1n) is 7.06. The normalized spacial score (nSPS) is 11.5. The van der Waals surface area contributed by atoms with Crippen molar-refractivity contribution < 1.29 is 14.3 Å².